The molecule has 0 fully saturated rings. The lowest BCUT2D eigenvalue weighted by Crippen LogP contribution is -2.45. The van der Waals surface area contributed by atoms with Crippen molar-refractivity contribution in [3.8, 4) is 0 Å². The summed E-state index contributed by atoms with van der Waals surface area (Å²) in [7, 11) is 0. The molecule has 1 aromatic rings. The molecule has 0 aliphatic carbocycles. The van der Waals surface area contributed by atoms with Gasteiger partial charge in [0.1, 0.15) is 0 Å². The number of nitrogens with zero attached hydrogens (tertiary/aromatic N) is 1. The fourth-order valence-electron chi connectivity index (χ4n) is 2.01. The van der Waals surface area contributed by atoms with Crippen LogP contribution in [-0.4, -0.2) is 35.4 Å². The Morgan fingerprint density at radius 1 is 1.20 bits per heavy atom. The number of amides is 1. The second-order valence-electron chi connectivity index (χ2n) is 5.41. The number of carbonyl (C=O) groups is 1. The molecule has 1 N–H and O–H groups in total. The molecule has 0 radical (unpaired) electrons. The topological polar surface area (TPSA) is 32.3 Å². The van der Waals surface area contributed by atoms with Crippen LogP contribution in [0.5, 0.6) is 0 Å². The van der Waals surface area contributed by atoms with Crippen LogP contribution >= 0.6 is 12.2 Å². The van der Waals surface area contributed by atoms with Gasteiger partial charge >= 0.3 is 0 Å². The lowest BCUT2D eigenvalue weighted by Gasteiger charge is -2.34. The van der Waals surface area contributed by atoms with Crippen molar-refractivity contribution in [2.45, 2.75) is 27.7 Å². The van der Waals surface area contributed by atoms with E-state index in [-0.39, 0.29) is 11.3 Å². The highest BCUT2D eigenvalue weighted by Gasteiger charge is 2.27. The molecule has 1 aromatic carbocycles. The number of benzene rings is 1. The molecule has 1 rings (SSSR count). The summed E-state index contributed by atoms with van der Waals surface area (Å²) in [5.41, 5.74) is 0.447. The minimum Gasteiger partial charge on any atom is -0.366 e. The number of hydrogen-bond donors (Lipinski definition) is 1. The average Bonchev–Trinajstić information content (AvgIpc) is 2.47. The minimum atomic E-state index is -0.230. The molecular formula is C16H24N2OS. The first kappa shape index (κ1) is 16.6. The van der Waals surface area contributed by atoms with Gasteiger partial charge < -0.3 is 10.2 Å². The van der Waals surface area contributed by atoms with E-state index >= 15 is 0 Å². The van der Waals surface area contributed by atoms with E-state index < -0.39 is 0 Å². The van der Waals surface area contributed by atoms with Crippen molar-refractivity contribution in [3.05, 3.63) is 35.9 Å². The second kappa shape index (κ2) is 7.39. The first-order chi connectivity index (χ1) is 9.42. The summed E-state index contributed by atoms with van der Waals surface area (Å²) in [4.78, 5) is 15.1. The molecule has 0 atom stereocenters. The normalized spacial score (nSPS) is 11.0. The van der Waals surface area contributed by atoms with Gasteiger partial charge in [0, 0.05) is 30.6 Å². The molecule has 3 nitrogen and oxygen atoms in total. The lowest BCUT2D eigenvalue weighted by atomic mass is 9.92. The molecule has 0 bridgehead atoms. The smallest absolute Gasteiger partial charge is 0.251 e. The molecule has 0 aliphatic rings. The van der Waals surface area contributed by atoms with E-state index in [2.05, 4.69) is 37.9 Å². The summed E-state index contributed by atoms with van der Waals surface area (Å²) in [6.07, 6.45) is 0. The van der Waals surface area contributed by atoms with Crippen molar-refractivity contribution >= 4 is 23.1 Å². The van der Waals surface area contributed by atoms with Gasteiger partial charge in [-0.25, -0.2) is 0 Å². The summed E-state index contributed by atoms with van der Waals surface area (Å²) in [6.45, 7) is 10.6. The molecule has 0 saturated heterocycles. The molecule has 4 heteroatoms. The zero-order chi connectivity index (χ0) is 15.2. The number of nitrogens with one attached hydrogen (secondary N) is 1. The molecular weight excluding hydrogens is 268 g/mol. The standard InChI is InChI=1S/C16H24N2OS/c1-5-18(6-2)15(20)16(3,4)12-17-14(19)13-10-8-7-9-11-13/h7-11H,5-6,12H2,1-4H3,(H,17,19). The summed E-state index contributed by atoms with van der Waals surface area (Å²) in [5.74, 6) is -0.0546. The second-order valence-corrected chi connectivity index (χ2v) is 5.80. The Labute approximate surface area is 127 Å². The van der Waals surface area contributed by atoms with Crippen molar-refractivity contribution < 1.29 is 4.79 Å². The third-order valence-corrected chi connectivity index (χ3v) is 4.17. The predicted octanol–water partition coefficient (Wildman–Crippen LogP) is 3.11. The van der Waals surface area contributed by atoms with Gasteiger partial charge in [0.25, 0.3) is 5.91 Å². The maximum Gasteiger partial charge on any atom is 0.251 e. The van der Waals surface area contributed by atoms with E-state index in [1.807, 2.05) is 30.3 Å². The molecule has 0 aromatic heterocycles. The highest BCUT2D eigenvalue weighted by Crippen LogP contribution is 2.19. The number of rotatable bonds is 6. The van der Waals surface area contributed by atoms with Gasteiger partial charge in [-0.1, -0.05) is 44.3 Å². The Balaban J connectivity index is 2.63. The van der Waals surface area contributed by atoms with Gasteiger partial charge in [0.15, 0.2) is 0 Å². The van der Waals surface area contributed by atoms with E-state index in [9.17, 15) is 4.79 Å². The first-order valence-corrected chi connectivity index (χ1v) is 7.45. The summed E-state index contributed by atoms with van der Waals surface area (Å²) >= 11 is 5.55. The van der Waals surface area contributed by atoms with Gasteiger partial charge in [-0.15, -0.1) is 0 Å². The van der Waals surface area contributed by atoms with Gasteiger partial charge in [0.05, 0.1) is 4.99 Å². The number of carbonyl (C=O) groups excluding carboxylic acids is 1. The Morgan fingerprint density at radius 3 is 2.25 bits per heavy atom. The first-order valence-electron chi connectivity index (χ1n) is 7.05. The van der Waals surface area contributed by atoms with Crippen LogP contribution in [0.4, 0.5) is 0 Å². The van der Waals surface area contributed by atoms with Crippen molar-refractivity contribution in [2.24, 2.45) is 5.41 Å². The third kappa shape index (κ3) is 4.30. The van der Waals surface area contributed by atoms with E-state index in [1.54, 1.807) is 0 Å². The minimum absolute atomic E-state index is 0.0546. The van der Waals surface area contributed by atoms with Gasteiger partial charge in [0.2, 0.25) is 0 Å². The lowest BCUT2D eigenvalue weighted by molar-refractivity contribution is 0.0944. The molecule has 0 spiro atoms. The van der Waals surface area contributed by atoms with Gasteiger partial charge in [-0.2, -0.15) is 0 Å². The van der Waals surface area contributed by atoms with E-state index in [4.69, 9.17) is 12.2 Å². The number of hydrogen-bond acceptors (Lipinski definition) is 2. The van der Waals surface area contributed by atoms with Crippen molar-refractivity contribution in [2.75, 3.05) is 19.6 Å². The predicted molar refractivity (Wildman–Crippen MR) is 88.1 cm³/mol. The Hall–Kier alpha value is -1.42. The van der Waals surface area contributed by atoms with Crippen LogP contribution in [0.15, 0.2) is 30.3 Å². The molecule has 0 aliphatic heterocycles. The summed E-state index contributed by atoms with van der Waals surface area (Å²) in [6, 6.07) is 9.24. The Kier molecular flexibility index (Phi) is 6.14. The molecule has 20 heavy (non-hydrogen) atoms. The molecule has 110 valence electrons. The van der Waals surface area contributed by atoms with Crippen molar-refractivity contribution in [1.29, 1.82) is 0 Å². The molecule has 0 heterocycles. The zero-order valence-corrected chi connectivity index (χ0v) is 13.6. The van der Waals surface area contributed by atoms with Crippen molar-refractivity contribution in [1.82, 2.24) is 10.2 Å². The highest BCUT2D eigenvalue weighted by atomic mass is 32.1. The van der Waals surface area contributed by atoms with Crippen LogP contribution in [0, 0.1) is 5.41 Å². The summed E-state index contributed by atoms with van der Waals surface area (Å²) in [5, 5.41) is 2.97. The molecule has 1 amide bonds. The molecule has 0 unspecified atom stereocenters. The fraction of sp³-hybridized carbons (Fsp3) is 0.500. The van der Waals surface area contributed by atoms with E-state index in [0.29, 0.717) is 12.1 Å². The average molecular weight is 292 g/mol. The van der Waals surface area contributed by atoms with E-state index in [1.165, 1.54) is 0 Å². The quantitative estimate of drug-likeness (QED) is 0.818. The third-order valence-electron chi connectivity index (χ3n) is 3.36. The summed E-state index contributed by atoms with van der Waals surface area (Å²) < 4.78 is 0. The molecule has 0 saturated carbocycles. The van der Waals surface area contributed by atoms with Crippen LogP contribution in [0.1, 0.15) is 38.1 Å². The Bertz CT molecular complexity index is 453. The SMILES string of the molecule is CCN(CC)C(=S)C(C)(C)CNC(=O)c1ccccc1. The zero-order valence-electron chi connectivity index (χ0n) is 12.8. The largest absolute Gasteiger partial charge is 0.366 e. The Morgan fingerprint density at radius 2 is 1.75 bits per heavy atom. The van der Waals surface area contributed by atoms with Crippen LogP contribution in [0.2, 0.25) is 0 Å². The maximum absolute atomic E-state index is 12.1. The highest BCUT2D eigenvalue weighted by molar-refractivity contribution is 7.80. The van der Waals surface area contributed by atoms with Crippen LogP contribution in [-0.2, 0) is 0 Å². The van der Waals surface area contributed by atoms with Crippen LogP contribution < -0.4 is 5.32 Å². The maximum atomic E-state index is 12.1. The van der Waals surface area contributed by atoms with Crippen molar-refractivity contribution in [3.63, 3.8) is 0 Å². The fourth-order valence-corrected chi connectivity index (χ4v) is 2.34. The van der Waals surface area contributed by atoms with Gasteiger partial charge in [-0.3, -0.25) is 4.79 Å². The van der Waals surface area contributed by atoms with E-state index in [0.717, 1.165) is 18.1 Å². The van der Waals surface area contributed by atoms with Crippen LogP contribution in [0.3, 0.4) is 0 Å². The van der Waals surface area contributed by atoms with Gasteiger partial charge in [-0.05, 0) is 26.0 Å². The number of thiocarbonyl (C=S) groups is 1. The monoisotopic (exact) mass is 292 g/mol. The van der Waals surface area contributed by atoms with Crippen LogP contribution in [0.25, 0.3) is 0 Å².